The Balaban J connectivity index is 2.64. The zero-order valence-corrected chi connectivity index (χ0v) is 12.4. The zero-order chi connectivity index (χ0) is 13.7. The predicted molar refractivity (Wildman–Crippen MR) is 77.8 cm³/mol. The highest BCUT2D eigenvalue weighted by molar-refractivity contribution is 5.32. The summed E-state index contributed by atoms with van der Waals surface area (Å²) in [5.74, 6) is 0.681. The minimum Gasteiger partial charge on any atom is -0.387 e. The average molecular weight is 249 g/mol. The van der Waals surface area contributed by atoms with E-state index in [-0.39, 0.29) is 6.10 Å². The topological polar surface area (TPSA) is 23.5 Å². The lowest BCUT2D eigenvalue weighted by molar-refractivity contribution is 0.119. The third kappa shape index (κ3) is 4.43. The van der Waals surface area contributed by atoms with Gasteiger partial charge in [0, 0.05) is 13.1 Å². The molecular weight excluding hydrogens is 222 g/mol. The molecule has 0 aliphatic carbocycles. The van der Waals surface area contributed by atoms with E-state index in [4.69, 9.17) is 0 Å². The van der Waals surface area contributed by atoms with Crippen LogP contribution in [0.1, 0.15) is 43.1 Å². The van der Waals surface area contributed by atoms with Crippen LogP contribution in [-0.2, 0) is 0 Å². The second-order valence-electron chi connectivity index (χ2n) is 5.61. The second-order valence-corrected chi connectivity index (χ2v) is 5.61. The van der Waals surface area contributed by atoms with E-state index in [9.17, 15) is 5.11 Å². The fraction of sp³-hybridized carbons (Fsp3) is 0.625. The van der Waals surface area contributed by atoms with Gasteiger partial charge in [-0.2, -0.15) is 0 Å². The van der Waals surface area contributed by atoms with Crippen molar-refractivity contribution >= 4 is 0 Å². The Labute approximate surface area is 112 Å². The van der Waals surface area contributed by atoms with E-state index in [2.05, 4.69) is 57.8 Å². The molecule has 0 fully saturated rings. The Hall–Kier alpha value is -0.860. The zero-order valence-electron chi connectivity index (χ0n) is 12.4. The highest BCUT2D eigenvalue weighted by Gasteiger charge is 2.14. The molecule has 0 spiro atoms. The predicted octanol–water partition coefficient (Wildman–Crippen LogP) is 3.31. The van der Waals surface area contributed by atoms with Gasteiger partial charge in [-0.25, -0.2) is 0 Å². The molecule has 1 aromatic carbocycles. The SMILES string of the molecule is CCC(C)CN(C)CC(O)c1cc(C)ccc1C. The smallest absolute Gasteiger partial charge is 0.0919 e. The fourth-order valence-electron chi connectivity index (χ4n) is 2.25. The van der Waals surface area contributed by atoms with Gasteiger partial charge in [0.25, 0.3) is 0 Å². The Morgan fingerprint density at radius 2 is 1.89 bits per heavy atom. The molecule has 0 saturated carbocycles. The maximum Gasteiger partial charge on any atom is 0.0919 e. The van der Waals surface area contributed by atoms with E-state index in [0.29, 0.717) is 12.5 Å². The molecule has 0 radical (unpaired) electrons. The summed E-state index contributed by atoms with van der Waals surface area (Å²) in [5.41, 5.74) is 3.44. The summed E-state index contributed by atoms with van der Waals surface area (Å²) in [4.78, 5) is 2.22. The molecule has 0 aromatic heterocycles. The van der Waals surface area contributed by atoms with Gasteiger partial charge in [-0.1, -0.05) is 44.0 Å². The van der Waals surface area contributed by atoms with Crippen molar-refractivity contribution in [2.24, 2.45) is 5.92 Å². The van der Waals surface area contributed by atoms with E-state index in [1.165, 1.54) is 17.5 Å². The van der Waals surface area contributed by atoms with Crippen LogP contribution < -0.4 is 0 Å². The van der Waals surface area contributed by atoms with Crippen LogP contribution in [0, 0.1) is 19.8 Å². The van der Waals surface area contributed by atoms with Crippen LogP contribution in [0.15, 0.2) is 18.2 Å². The number of hydrogen-bond acceptors (Lipinski definition) is 2. The van der Waals surface area contributed by atoms with Crippen molar-refractivity contribution in [2.45, 2.75) is 40.2 Å². The summed E-state index contributed by atoms with van der Waals surface area (Å²) < 4.78 is 0. The van der Waals surface area contributed by atoms with E-state index >= 15 is 0 Å². The van der Waals surface area contributed by atoms with Gasteiger partial charge in [-0.05, 0) is 37.9 Å². The van der Waals surface area contributed by atoms with Crippen LogP contribution in [0.25, 0.3) is 0 Å². The van der Waals surface area contributed by atoms with Gasteiger partial charge in [-0.15, -0.1) is 0 Å². The monoisotopic (exact) mass is 249 g/mol. The number of benzene rings is 1. The van der Waals surface area contributed by atoms with Crippen LogP contribution in [0.2, 0.25) is 0 Å². The van der Waals surface area contributed by atoms with Crippen LogP contribution in [0.5, 0.6) is 0 Å². The highest BCUT2D eigenvalue weighted by atomic mass is 16.3. The van der Waals surface area contributed by atoms with E-state index in [1.807, 2.05) is 0 Å². The normalized spacial score (nSPS) is 14.8. The number of rotatable bonds is 6. The molecule has 2 nitrogen and oxygen atoms in total. The highest BCUT2D eigenvalue weighted by Crippen LogP contribution is 2.20. The van der Waals surface area contributed by atoms with Crippen LogP contribution in [-0.4, -0.2) is 30.1 Å². The molecule has 1 N–H and O–H groups in total. The number of aliphatic hydroxyl groups is 1. The first-order valence-electron chi connectivity index (χ1n) is 6.87. The third-order valence-electron chi connectivity index (χ3n) is 3.60. The van der Waals surface area contributed by atoms with Crippen molar-refractivity contribution < 1.29 is 5.11 Å². The van der Waals surface area contributed by atoms with Crippen LogP contribution in [0.4, 0.5) is 0 Å². The summed E-state index contributed by atoms with van der Waals surface area (Å²) in [6, 6.07) is 6.27. The van der Waals surface area contributed by atoms with E-state index in [0.717, 1.165) is 12.1 Å². The van der Waals surface area contributed by atoms with Crippen molar-refractivity contribution in [3.63, 3.8) is 0 Å². The van der Waals surface area contributed by atoms with Gasteiger partial charge in [-0.3, -0.25) is 0 Å². The van der Waals surface area contributed by atoms with Crippen molar-refractivity contribution in [1.82, 2.24) is 4.90 Å². The van der Waals surface area contributed by atoms with Gasteiger partial charge < -0.3 is 10.0 Å². The summed E-state index contributed by atoms with van der Waals surface area (Å²) in [5, 5.41) is 10.3. The number of likely N-dealkylation sites (N-methyl/N-ethyl adjacent to an activating group) is 1. The molecule has 1 aromatic rings. The Morgan fingerprint density at radius 1 is 1.22 bits per heavy atom. The van der Waals surface area contributed by atoms with E-state index < -0.39 is 0 Å². The quantitative estimate of drug-likeness (QED) is 0.836. The average Bonchev–Trinajstić information content (AvgIpc) is 2.31. The molecule has 0 saturated heterocycles. The molecule has 0 bridgehead atoms. The Morgan fingerprint density at radius 3 is 2.50 bits per heavy atom. The van der Waals surface area contributed by atoms with Gasteiger partial charge in [0.15, 0.2) is 0 Å². The standard InChI is InChI=1S/C16H27NO/c1-6-12(2)10-17(5)11-16(18)15-9-13(3)7-8-14(15)4/h7-9,12,16,18H,6,10-11H2,1-5H3. The molecule has 0 aliphatic rings. The lowest BCUT2D eigenvalue weighted by atomic mass is 10.00. The maximum absolute atomic E-state index is 10.3. The molecule has 18 heavy (non-hydrogen) atoms. The fourth-order valence-corrected chi connectivity index (χ4v) is 2.25. The largest absolute Gasteiger partial charge is 0.387 e. The number of hydrogen-bond donors (Lipinski definition) is 1. The molecule has 102 valence electrons. The number of nitrogens with zero attached hydrogens (tertiary/aromatic N) is 1. The molecule has 0 aliphatic heterocycles. The molecule has 2 unspecified atom stereocenters. The minimum absolute atomic E-state index is 0.390. The number of aliphatic hydroxyl groups excluding tert-OH is 1. The number of aryl methyl sites for hydroxylation is 2. The third-order valence-corrected chi connectivity index (χ3v) is 3.60. The van der Waals surface area contributed by atoms with Gasteiger partial charge in [0.1, 0.15) is 0 Å². The summed E-state index contributed by atoms with van der Waals surface area (Å²) in [6.07, 6.45) is 0.795. The lowest BCUT2D eigenvalue weighted by Gasteiger charge is -2.24. The van der Waals surface area contributed by atoms with Crippen molar-refractivity contribution in [1.29, 1.82) is 0 Å². The molecule has 0 amide bonds. The molecule has 2 atom stereocenters. The second kappa shape index (κ2) is 6.91. The first-order chi connectivity index (χ1) is 8.43. The van der Waals surface area contributed by atoms with Crippen molar-refractivity contribution in [2.75, 3.05) is 20.1 Å². The van der Waals surface area contributed by atoms with Crippen LogP contribution >= 0.6 is 0 Å². The molecule has 0 heterocycles. The maximum atomic E-state index is 10.3. The van der Waals surface area contributed by atoms with Crippen molar-refractivity contribution in [3.8, 4) is 0 Å². The molecular formula is C16H27NO. The van der Waals surface area contributed by atoms with Gasteiger partial charge >= 0.3 is 0 Å². The summed E-state index contributed by atoms with van der Waals surface area (Å²) >= 11 is 0. The lowest BCUT2D eigenvalue weighted by Crippen LogP contribution is -2.29. The van der Waals surface area contributed by atoms with E-state index in [1.54, 1.807) is 0 Å². The van der Waals surface area contributed by atoms with Gasteiger partial charge in [0.2, 0.25) is 0 Å². The molecule has 2 heteroatoms. The minimum atomic E-state index is -0.390. The van der Waals surface area contributed by atoms with Crippen LogP contribution in [0.3, 0.4) is 0 Å². The van der Waals surface area contributed by atoms with Gasteiger partial charge in [0.05, 0.1) is 6.10 Å². The first kappa shape index (κ1) is 15.2. The van der Waals surface area contributed by atoms with Crippen molar-refractivity contribution in [3.05, 3.63) is 34.9 Å². The summed E-state index contributed by atoms with van der Waals surface area (Å²) in [6.45, 7) is 10.3. The molecule has 1 rings (SSSR count). The first-order valence-corrected chi connectivity index (χ1v) is 6.87. The summed E-state index contributed by atoms with van der Waals surface area (Å²) in [7, 11) is 2.08. The Kier molecular flexibility index (Phi) is 5.83. The Bertz CT molecular complexity index is 375.